The summed E-state index contributed by atoms with van der Waals surface area (Å²) < 4.78 is 5.36. The Kier molecular flexibility index (Phi) is 4.90. The third kappa shape index (κ3) is 4.07. The van der Waals surface area contributed by atoms with Gasteiger partial charge in [0.2, 0.25) is 0 Å². The summed E-state index contributed by atoms with van der Waals surface area (Å²) in [6.45, 7) is 5.43. The minimum absolute atomic E-state index is 0.146. The van der Waals surface area contributed by atoms with Gasteiger partial charge in [-0.15, -0.1) is 0 Å². The molecule has 1 N–H and O–H groups in total. The Hall–Kier alpha value is -0.610. The molecular formula is C10H19NO3. The molecule has 82 valence electrons. The summed E-state index contributed by atoms with van der Waals surface area (Å²) in [7, 11) is 0. The summed E-state index contributed by atoms with van der Waals surface area (Å²) >= 11 is 0. The molecule has 4 heteroatoms. The van der Waals surface area contributed by atoms with Crippen molar-refractivity contribution in [3.8, 4) is 0 Å². The Morgan fingerprint density at radius 1 is 1.64 bits per heavy atom. The highest BCUT2D eigenvalue weighted by atomic mass is 16.5. The van der Waals surface area contributed by atoms with Gasteiger partial charge < -0.3 is 9.84 Å². The Labute approximate surface area is 84.8 Å². The van der Waals surface area contributed by atoms with Crippen molar-refractivity contribution in [2.45, 2.75) is 19.8 Å². The molecule has 1 rings (SSSR count). The van der Waals surface area contributed by atoms with Gasteiger partial charge >= 0.3 is 5.97 Å². The summed E-state index contributed by atoms with van der Waals surface area (Å²) in [6, 6.07) is 0. The summed E-state index contributed by atoms with van der Waals surface area (Å²) in [5.41, 5.74) is 0. The highest BCUT2D eigenvalue weighted by Gasteiger charge is 2.18. The number of carboxylic acid groups (broad SMARTS) is 1. The van der Waals surface area contributed by atoms with E-state index < -0.39 is 5.97 Å². The number of hydrogen-bond donors (Lipinski definition) is 1. The van der Waals surface area contributed by atoms with Crippen molar-refractivity contribution in [2.75, 3.05) is 32.8 Å². The van der Waals surface area contributed by atoms with E-state index in [0.29, 0.717) is 5.92 Å². The molecule has 4 nitrogen and oxygen atoms in total. The zero-order valence-electron chi connectivity index (χ0n) is 8.74. The Balaban J connectivity index is 2.27. The molecular weight excluding hydrogens is 182 g/mol. The molecule has 1 fully saturated rings. The molecule has 1 unspecified atom stereocenters. The van der Waals surface area contributed by atoms with E-state index in [1.807, 2.05) is 11.8 Å². The van der Waals surface area contributed by atoms with Crippen molar-refractivity contribution in [3.63, 3.8) is 0 Å². The van der Waals surface area contributed by atoms with Gasteiger partial charge in [0.05, 0.1) is 13.2 Å². The van der Waals surface area contributed by atoms with Gasteiger partial charge in [-0.2, -0.15) is 0 Å². The summed E-state index contributed by atoms with van der Waals surface area (Å²) in [5, 5.41) is 8.67. The topological polar surface area (TPSA) is 49.8 Å². The normalized spacial score (nSPS) is 22.6. The Morgan fingerprint density at radius 2 is 2.43 bits per heavy atom. The van der Waals surface area contributed by atoms with Gasteiger partial charge in [0, 0.05) is 13.2 Å². The number of carbonyl (C=O) groups is 1. The second kappa shape index (κ2) is 5.98. The lowest BCUT2D eigenvalue weighted by Crippen LogP contribution is -2.36. The fourth-order valence-electron chi connectivity index (χ4n) is 1.81. The third-order valence-electron chi connectivity index (χ3n) is 2.58. The molecule has 0 aliphatic carbocycles. The van der Waals surface area contributed by atoms with Crippen molar-refractivity contribution in [2.24, 2.45) is 5.92 Å². The van der Waals surface area contributed by atoms with E-state index >= 15 is 0 Å². The first-order valence-corrected chi connectivity index (χ1v) is 5.24. The molecule has 14 heavy (non-hydrogen) atoms. The molecule has 0 amide bonds. The summed E-state index contributed by atoms with van der Waals surface area (Å²) in [6.07, 6.45) is 2.27. The van der Waals surface area contributed by atoms with Crippen LogP contribution < -0.4 is 0 Å². The molecule has 1 saturated heterocycles. The minimum Gasteiger partial charge on any atom is -0.480 e. The fourth-order valence-corrected chi connectivity index (χ4v) is 1.81. The van der Waals surface area contributed by atoms with E-state index in [-0.39, 0.29) is 6.54 Å². The molecule has 1 heterocycles. The van der Waals surface area contributed by atoms with E-state index in [9.17, 15) is 4.79 Å². The van der Waals surface area contributed by atoms with Crippen LogP contribution in [0.2, 0.25) is 0 Å². The maximum atomic E-state index is 10.5. The molecule has 0 radical (unpaired) electrons. The van der Waals surface area contributed by atoms with Crippen LogP contribution in [0.25, 0.3) is 0 Å². The standard InChI is InChI=1S/C10H19NO3/c1-2-11(7-10(12)13)6-9-4-3-5-14-8-9/h9H,2-8H2,1H3,(H,12,13). The predicted molar refractivity (Wildman–Crippen MR) is 53.3 cm³/mol. The molecule has 0 saturated carbocycles. The molecule has 0 bridgehead atoms. The van der Waals surface area contributed by atoms with Crippen molar-refractivity contribution >= 4 is 5.97 Å². The van der Waals surface area contributed by atoms with Gasteiger partial charge in [-0.3, -0.25) is 9.69 Å². The first-order valence-electron chi connectivity index (χ1n) is 5.24. The van der Waals surface area contributed by atoms with Gasteiger partial charge in [-0.1, -0.05) is 6.92 Å². The maximum Gasteiger partial charge on any atom is 0.317 e. The van der Waals surface area contributed by atoms with Gasteiger partial charge in [-0.05, 0) is 25.3 Å². The van der Waals surface area contributed by atoms with E-state index in [1.165, 1.54) is 0 Å². The van der Waals surface area contributed by atoms with Crippen LogP contribution in [0.1, 0.15) is 19.8 Å². The summed E-state index contributed by atoms with van der Waals surface area (Å²) in [4.78, 5) is 12.5. The summed E-state index contributed by atoms with van der Waals surface area (Å²) in [5.74, 6) is -0.230. The third-order valence-corrected chi connectivity index (χ3v) is 2.58. The number of nitrogens with zero attached hydrogens (tertiary/aromatic N) is 1. The van der Waals surface area contributed by atoms with E-state index in [0.717, 1.165) is 39.1 Å². The molecule has 0 aromatic carbocycles. The van der Waals surface area contributed by atoms with E-state index in [1.54, 1.807) is 0 Å². The smallest absolute Gasteiger partial charge is 0.317 e. The van der Waals surface area contributed by atoms with Crippen LogP contribution in [0.15, 0.2) is 0 Å². The zero-order valence-corrected chi connectivity index (χ0v) is 8.74. The fraction of sp³-hybridized carbons (Fsp3) is 0.900. The number of aliphatic carboxylic acids is 1. The van der Waals surface area contributed by atoms with Crippen LogP contribution in [0.5, 0.6) is 0 Å². The zero-order chi connectivity index (χ0) is 10.4. The van der Waals surface area contributed by atoms with Gasteiger partial charge in [0.15, 0.2) is 0 Å². The second-order valence-electron chi connectivity index (χ2n) is 3.80. The molecule has 1 aliphatic rings. The average molecular weight is 201 g/mol. The number of likely N-dealkylation sites (N-methyl/N-ethyl adjacent to an activating group) is 1. The van der Waals surface area contributed by atoms with Crippen molar-refractivity contribution in [3.05, 3.63) is 0 Å². The van der Waals surface area contributed by atoms with Crippen molar-refractivity contribution < 1.29 is 14.6 Å². The lowest BCUT2D eigenvalue weighted by atomic mass is 10.0. The average Bonchev–Trinajstić information content (AvgIpc) is 2.17. The number of rotatable bonds is 5. The molecule has 0 spiro atoms. The van der Waals surface area contributed by atoms with Crippen LogP contribution in [-0.2, 0) is 9.53 Å². The number of hydrogen-bond acceptors (Lipinski definition) is 3. The minimum atomic E-state index is -0.747. The second-order valence-corrected chi connectivity index (χ2v) is 3.80. The molecule has 0 aromatic rings. The Morgan fingerprint density at radius 3 is 2.93 bits per heavy atom. The largest absolute Gasteiger partial charge is 0.480 e. The Bertz CT molecular complexity index is 178. The van der Waals surface area contributed by atoms with Crippen molar-refractivity contribution in [1.82, 2.24) is 4.90 Å². The lowest BCUT2D eigenvalue weighted by molar-refractivity contribution is -0.138. The maximum absolute atomic E-state index is 10.5. The highest BCUT2D eigenvalue weighted by molar-refractivity contribution is 5.69. The quantitative estimate of drug-likeness (QED) is 0.715. The first-order chi connectivity index (χ1) is 6.72. The monoisotopic (exact) mass is 201 g/mol. The van der Waals surface area contributed by atoms with Crippen LogP contribution in [0.4, 0.5) is 0 Å². The van der Waals surface area contributed by atoms with Gasteiger partial charge in [-0.25, -0.2) is 0 Å². The van der Waals surface area contributed by atoms with E-state index in [4.69, 9.17) is 9.84 Å². The van der Waals surface area contributed by atoms with E-state index in [2.05, 4.69) is 0 Å². The SMILES string of the molecule is CCN(CC(=O)O)CC1CCCOC1. The van der Waals surface area contributed by atoms with Crippen LogP contribution in [0, 0.1) is 5.92 Å². The number of ether oxygens (including phenoxy) is 1. The lowest BCUT2D eigenvalue weighted by Gasteiger charge is -2.27. The molecule has 0 aromatic heterocycles. The predicted octanol–water partition coefficient (Wildman–Crippen LogP) is 0.819. The number of carboxylic acids is 1. The van der Waals surface area contributed by atoms with Crippen LogP contribution in [0.3, 0.4) is 0 Å². The van der Waals surface area contributed by atoms with Crippen molar-refractivity contribution in [1.29, 1.82) is 0 Å². The molecule has 1 atom stereocenters. The molecule has 1 aliphatic heterocycles. The first kappa shape index (κ1) is 11.5. The van der Waals surface area contributed by atoms with Crippen LogP contribution in [-0.4, -0.2) is 48.8 Å². The highest BCUT2D eigenvalue weighted by Crippen LogP contribution is 2.14. The van der Waals surface area contributed by atoms with Gasteiger partial charge in [0.25, 0.3) is 0 Å². The van der Waals surface area contributed by atoms with Gasteiger partial charge in [0.1, 0.15) is 0 Å². The van der Waals surface area contributed by atoms with Crippen LogP contribution >= 0.6 is 0 Å².